The van der Waals surface area contributed by atoms with Gasteiger partial charge >= 0.3 is 5.97 Å². The van der Waals surface area contributed by atoms with Gasteiger partial charge in [0.05, 0.1) is 11.4 Å². The predicted molar refractivity (Wildman–Crippen MR) is 81.1 cm³/mol. The largest absolute Gasteiger partial charge is 0.481 e. The molecule has 1 rings (SSSR count). The van der Waals surface area contributed by atoms with E-state index in [9.17, 15) is 18.0 Å². The number of carboxylic acids is 1. The number of hydrogen-bond donors (Lipinski definition) is 2. The first-order chi connectivity index (χ1) is 10.2. The minimum Gasteiger partial charge on any atom is -0.481 e. The smallest absolute Gasteiger partial charge is 0.303 e. The van der Waals surface area contributed by atoms with Crippen molar-refractivity contribution in [2.24, 2.45) is 0 Å². The highest BCUT2D eigenvalue weighted by atomic mass is 35.5. The van der Waals surface area contributed by atoms with Crippen molar-refractivity contribution in [3.8, 4) is 0 Å². The minimum absolute atomic E-state index is 0.0399. The van der Waals surface area contributed by atoms with Gasteiger partial charge in [-0.15, -0.1) is 0 Å². The Morgan fingerprint density at radius 1 is 1.27 bits per heavy atom. The number of hydrogen-bond acceptors (Lipinski definition) is 4. The molecule has 0 aliphatic rings. The first-order valence-corrected chi connectivity index (χ1v) is 8.25. The normalized spacial score (nSPS) is 11.4. The average molecular weight is 349 g/mol. The molecule has 0 saturated heterocycles. The van der Waals surface area contributed by atoms with Gasteiger partial charge in [-0.05, 0) is 30.7 Å². The Kier molecular flexibility index (Phi) is 6.79. The molecule has 1 amide bonds. The Morgan fingerprint density at radius 3 is 2.41 bits per heavy atom. The van der Waals surface area contributed by atoms with Crippen LogP contribution >= 0.6 is 11.6 Å². The Morgan fingerprint density at radius 2 is 1.86 bits per heavy atom. The number of amides is 1. The fourth-order valence-corrected chi connectivity index (χ4v) is 2.85. The molecule has 0 unspecified atom stereocenters. The fraction of sp³-hybridized carbons (Fsp3) is 0.385. The van der Waals surface area contributed by atoms with Crippen molar-refractivity contribution in [3.05, 3.63) is 29.3 Å². The monoisotopic (exact) mass is 348 g/mol. The van der Waals surface area contributed by atoms with Crippen molar-refractivity contribution in [2.45, 2.75) is 17.7 Å². The van der Waals surface area contributed by atoms with E-state index < -0.39 is 21.9 Å². The average Bonchev–Trinajstić information content (AvgIpc) is 2.43. The molecule has 0 bridgehead atoms. The van der Waals surface area contributed by atoms with Crippen LogP contribution in [0.15, 0.2) is 29.2 Å². The zero-order chi connectivity index (χ0) is 16.8. The molecule has 0 aliphatic carbocycles. The molecule has 2 N–H and O–H groups in total. The van der Waals surface area contributed by atoms with Gasteiger partial charge in [0.15, 0.2) is 0 Å². The van der Waals surface area contributed by atoms with Gasteiger partial charge in [0.1, 0.15) is 0 Å². The summed E-state index contributed by atoms with van der Waals surface area (Å²) < 4.78 is 25.4. The number of halogens is 1. The van der Waals surface area contributed by atoms with E-state index in [0.717, 1.165) is 4.31 Å². The number of carboxylic acid groups (broad SMARTS) is 1. The number of sulfonamides is 1. The van der Waals surface area contributed by atoms with Gasteiger partial charge in [0, 0.05) is 25.0 Å². The maximum absolute atomic E-state index is 12.2. The van der Waals surface area contributed by atoms with Gasteiger partial charge < -0.3 is 10.4 Å². The summed E-state index contributed by atoms with van der Waals surface area (Å²) in [6.45, 7) is -0.169. The number of aliphatic carboxylic acids is 1. The lowest BCUT2D eigenvalue weighted by Gasteiger charge is -2.16. The summed E-state index contributed by atoms with van der Waals surface area (Å²) in [4.78, 5) is 22.0. The van der Waals surface area contributed by atoms with Gasteiger partial charge in [-0.25, -0.2) is 8.42 Å². The van der Waals surface area contributed by atoms with Gasteiger partial charge in [-0.1, -0.05) is 11.6 Å². The molecule has 7 nitrogen and oxygen atoms in total. The van der Waals surface area contributed by atoms with E-state index in [1.54, 1.807) is 0 Å². The molecule has 1 aromatic rings. The summed E-state index contributed by atoms with van der Waals surface area (Å²) in [5.41, 5.74) is 0. The van der Waals surface area contributed by atoms with Crippen LogP contribution in [0.1, 0.15) is 12.8 Å². The van der Waals surface area contributed by atoms with Crippen LogP contribution in [0, 0.1) is 0 Å². The van der Waals surface area contributed by atoms with Crippen molar-refractivity contribution in [1.82, 2.24) is 9.62 Å². The topological polar surface area (TPSA) is 104 Å². The van der Waals surface area contributed by atoms with E-state index in [1.807, 2.05) is 0 Å². The summed E-state index contributed by atoms with van der Waals surface area (Å²) in [6.07, 6.45) is 0.230. The zero-order valence-electron chi connectivity index (χ0n) is 12.0. The van der Waals surface area contributed by atoms with E-state index in [-0.39, 0.29) is 30.8 Å². The van der Waals surface area contributed by atoms with Gasteiger partial charge in [-0.2, -0.15) is 4.31 Å². The number of carbonyl (C=O) groups excluding carboxylic acids is 1. The highest BCUT2D eigenvalue weighted by Crippen LogP contribution is 2.17. The van der Waals surface area contributed by atoms with Crippen LogP contribution in [0.2, 0.25) is 5.02 Å². The lowest BCUT2D eigenvalue weighted by atomic mass is 10.3. The molecular formula is C13H17ClN2O5S. The Balaban J connectivity index is 2.56. The van der Waals surface area contributed by atoms with Gasteiger partial charge in [0.2, 0.25) is 15.9 Å². The van der Waals surface area contributed by atoms with Crippen LogP contribution in [-0.4, -0.2) is 49.8 Å². The summed E-state index contributed by atoms with van der Waals surface area (Å²) in [7, 11) is -2.48. The van der Waals surface area contributed by atoms with E-state index in [2.05, 4.69) is 5.32 Å². The van der Waals surface area contributed by atoms with Crippen molar-refractivity contribution in [3.63, 3.8) is 0 Å². The molecule has 9 heteroatoms. The number of likely N-dealkylation sites (N-methyl/N-ethyl adjacent to an activating group) is 1. The van der Waals surface area contributed by atoms with Crippen molar-refractivity contribution < 1.29 is 23.1 Å². The summed E-state index contributed by atoms with van der Waals surface area (Å²) in [6, 6.07) is 5.63. The SMILES string of the molecule is CN(CC(=O)NCCCC(=O)O)S(=O)(=O)c1ccc(Cl)cc1. The predicted octanol–water partition coefficient (Wildman–Crippen LogP) is 0.942. The Bertz CT molecular complexity index is 630. The molecule has 22 heavy (non-hydrogen) atoms. The summed E-state index contributed by atoms with van der Waals surface area (Å²) >= 11 is 5.70. The number of carbonyl (C=O) groups is 2. The molecule has 0 aromatic heterocycles. The third kappa shape index (κ3) is 5.63. The third-order valence-corrected chi connectivity index (χ3v) is 4.85. The van der Waals surface area contributed by atoms with Crippen molar-refractivity contribution in [1.29, 1.82) is 0 Å². The molecule has 122 valence electrons. The Labute approximate surface area is 133 Å². The quantitative estimate of drug-likeness (QED) is 0.680. The van der Waals surface area contributed by atoms with E-state index in [4.69, 9.17) is 16.7 Å². The highest BCUT2D eigenvalue weighted by Gasteiger charge is 2.22. The third-order valence-electron chi connectivity index (χ3n) is 2.78. The van der Waals surface area contributed by atoms with Crippen LogP contribution < -0.4 is 5.32 Å². The van der Waals surface area contributed by atoms with Crippen LogP contribution in [0.5, 0.6) is 0 Å². The molecule has 0 saturated carbocycles. The number of benzene rings is 1. The van der Waals surface area contributed by atoms with E-state index in [1.165, 1.54) is 31.3 Å². The molecule has 0 radical (unpaired) electrons. The van der Waals surface area contributed by atoms with Gasteiger partial charge in [-0.3, -0.25) is 9.59 Å². The first-order valence-electron chi connectivity index (χ1n) is 6.44. The van der Waals surface area contributed by atoms with Crippen LogP contribution in [0.4, 0.5) is 0 Å². The molecule has 0 aliphatic heterocycles. The zero-order valence-corrected chi connectivity index (χ0v) is 13.5. The molecule has 0 heterocycles. The molecule has 0 atom stereocenters. The standard InChI is InChI=1S/C13H17ClN2O5S/c1-16(9-12(17)15-8-2-3-13(18)19)22(20,21)11-6-4-10(14)5-7-11/h4-7H,2-3,8-9H2,1H3,(H,15,17)(H,18,19). The lowest BCUT2D eigenvalue weighted by molar-refractivity contribution is -0.137. The van der Waals surface area contributed by atoms with E-state index in [0.29, 0.717) is 5.02 Å². The molecule has 1 aromatic carbocycles. The van der Waals surface area contributed by atoms with Crippen LogP contribution in [0.3, 0.4) is 0 Å². The van der Waals surface area contributed by atoms with Crippen molar-refractivity contribution >= 4 is 33.5 Å². The second kappa shape index (κ2) is 8.11. The second-order valence-electron chi connectivity index (χ2n) is 4.56. The highest BCUT2D eigenvalue weighted by molar-refractivity contribution is 7.89. The maximum atomic E-state index is 12.2. The summed E-state index contributed by atoms with van der Waals surface area (Å²) in [5.74, 6) is -1.44. The molecule has 0 spiro atoms. The minimum atomic E-state index is -3.78. The first kappa shape index (κ1) is 18.4. The number of nitrogens with zero attached hydrogens (tertiary/aromatic N) is 1. The Hall–Kier alpha value is -1.64. The summed E-state index contributed by atoms with van der Waals surface area (Å²) in [5, 5.41) is 11.4. The molecule has 0 fully saturated rings. The maximum Gasteiger partial charge on any atom is 0.303 e. The number of rotatable bonds is 8. The fourth-order valence-electron chi connectivity index (χ4n) is 1.60. The second-order valence-corrected chi connectivity index (χ2v) is 7.04. The van der Waals surface area contributed by atoms with Crippen molar-refractivity contribution in [2.75, 3.05) is 20.1 Å². The van der Waals surface area contributed by atoms with Gasteiger partial charge in [0.25, 0.3) is 0 Å². The van der Waals surface area contributed by atoms with Crippen LogP contribution in [-0.2, 0) is 19.6 Å². The lowest BCUT2D eigenvalue weighted by Crippen LogP contribution is -2.38. The molecular weight excluding hydrogens is 332 g/mol. The number of nitrogens with one attached hydrogen (secondary N) is 1. The van der Waals surface area contributed by atoms with Crippen LogP contribution in [0.25, 0.3) is 0 Å². The van der Waals surface area contributed by atoms with E-state index >= 15 is 0 Å².